The zero-order valence-electron chi connectivity index (χ0n) is 9.97. The summed E-state index contributed by atoms with van der Waals surface area (Å²) in [4.78, 5) is 23.4. The number of nitrogens with one attached hydrogen (secondary N) is 1. The smallest absolute Gasteiger partial charge is 0.282 e. The van der Waals surface area contributed by atoms with E-state index in [2.05, 4.69) is 5.32 Å². The van der Waals surface area contributed by atoms with Crippen LogP contribution in [0.2, 0.25) is 5.02 Å². The van der Waals surface area contributed by atoms with Gasteiger partial charge in [0.2, 0.25) is 0 Å². The summed E-state index contributed by atoms with van der Waals surface area (Å²) in [6.07, 6.45) is 0.208. The average molecular weight is 330 g/mol. The number of imide groups is 1. The number of hydrogen-bond acceptors (Lipinski definition) is 5. The van der Waals surface area contributed by atoms with Crippen LogP contribution in [0.15, 0.2) is 28.0 Å². The molecule has 2 heterocycles. The minimum absolute atomic E-state index is 0.0960. The molecular formula is C12H8ClNO4S2. The number of thioether (sulfide) groups is 1. The van der Waals surface area contributed by atoms with Gasteiger partial charge in [0.05, 0.1) is 15.6 Å². The number of hydrogen-bond donors (Lipinski definition) is 1. The van der Waals surface area contributed by atoms with Crippen molar-refractivity contribution < 1.29 is 18.0 Å². The Morgan fingerprint density at radius 1 is 1.25 bits per heavy atom. The second kappa shape index (κ2) is 4.61. The summed E-state index contributed by atoms with van der Waals surface area (Å²) in [5.74, 6) is -0.573. The summed E-state index contributed by atoms with van der Waals surface area (Å²) in [6, 6.07) is 4.53. The molecule has 1 fully saturated rings. The number of amides is 2. The predicted molar refractivity (Wildman–Crippen MR) is 76.2 cm³/mol. The Morgan fingerprint density at radius 3 is 2.65 bits per heavy atom. The van der Waals surface area contributed by atoms with E-state index in [1.165, 1.54) is 6.07 Å². The third-order valence-corrected chi connectivity index (χ3v) is 6.02. The molecule has 2 aliphatic rings. The van der Waals surface area contributed by atoms with Crippen molar-refractivity contribution in [2.24, 2.45) is 0 Å². The Morgan fingerprint density at radius 2 is 2.00 bits per heavy atom. The minimum Gasteiger partial charge on any atom is -0.282 e. The second-order valence-electron chi connectivity index (χ2n) is 4.36. The lowest BCUT2D eigenvalue weighted by Crippen LogP contribution is -2.20. The molecule has 20 heavy (non-hydrogen) atoms. The second-order valence-corrected chi connectivity index (χ2v) is 7.86. The van der Waals surface area contributed by atoms with E-state index in [4.69, 9.17) is 11.6 Å². The van der Waals surface area contributed by atoms with Gasteiger partial charge in [-0.15, -0.1) is 0 Å². The molecule has 3 rings (SSSR count). The summed E-state index contributed by atoms with van der Waals surface area (Å²) < 4.78 is 24.2. The molecule has 0 atom stereocenters. The highest BCUT2D eigenvalue weighted by Crippen LogP contribution is 2.40. The van der Waals surface area contributed by atoms with Gasteiger partial charge in [-0.05, 0) is 41.5 Å². The molecule has 0 unspecified atom stereocenters. The molecule has 0 spiro atoms. The molecule has 1 aromatic rings. The van der Waals surface area contributed by atoms with Crippen LogP contribution in [0.4, 0.5) is 4.79 Å². The fourth-order valence-corrected chi connectivity index (χ4v) is 4.80. The Hall–Kier alpha value is -1.31. The number of fused-ring (bicyclic) bond motifs is 1. The molecule has 0 aromatic heterocycles. The lowest BCUT2D eigenvalue weighted by atomic mass is 10.0. The van der Waals surface area contributed by atoms with Crippen LogP contribution in [0.25, 0.3) is 5.57 Å². The zero-order valence-corrected chi connectivity index (χ0v) is 12.4. The molecule has 0 aliphatic carbocycles. The molecule has 0 radical (unpaired) electrons. The maximum absolute atomic E-state index is 12.1. The van der Waals surface area contributed by atoms with Crippen LogP contribution in [-0.2, 0) is 14.6 Å². The first-order chi connectivity index (χ1) is 9.38. The van der Waals surface area contributed by atoms with E-state index < -0.39 is 21.0 Å². The molecule has 104 valence electrons. The van der Waals surface area contributed by atoms with Crippen molar-refractivity contribution in [3.05, 3.63) is 33.7 Å². The highest BCUT2D eigenvalue weighted by Gasteiger charge is 2.34. The molecule has 1 N–H and O–H groups in total. The number of carbonyl (C=O) groups excluding carboxylic acids is 2. The Balaban J connectivity index is 2.26. The van der Waals surface area contributed by atoms with Crippen molar-refractivity contribution in [1.29, 1.82) is 0 Å². The van der Waals surface area contributed by atoms with E-state index in [0.717, 1.165) is 11.8 Å². The van der Waals surface area contributed by atoms with Gasteiger partial charge in [-0.1, -0.05) is 17.7 Å². The summed E-state index contributed by atoms with van der Waals surface area (Å²) >= 11 is 6.64. The van der Waals surface area contributed by atoms with Crippen molar-refractivity contribution in [2.45, 2.75) is 11.3 Å². The van der Waals surface area contributed by atoms with Gasteiger partial charge in [-0.25, -0.2) is 8.42 Å². The third kappa shape index (κ3) is 2.15. The van der Waals surface area contributed by atoms with Gasteiger partial charge in [0.1, 0.15) is 0 Å². The van der Waals surface area contributed by atoms with Crippen LogP contribution in [0.1, 0.15) is 12.0 Å². The Kier molecular flexibility index (Phi) is 3.15. The van der Waals surface area contributed by atoms with Gasteiger partial charge in [0.15, 0.2) is 9.84 Å². The first-order valence-corrected chi connectivity index (χ1v) is 8.52. The zero-order chi connectivity index (χ0) is 14.5. The summed E-state index contributed by atoms with van der Waals surface area (Å²) in [6.45, 7) is 0. The average Bonchev–Trinajstić information content (AvgIpc) is 2.69. The lowest BCUT2D eigenvalue weighted by Gasteiger charge is -2.20. The standard InChI is InChI=1S/C12H8ClNO4S2/c13-6-1-2-7-8(10-11(15)14-12(16)19-10)3-4-20(17,18)9(7)5-6/h1-2,5H,3-4H2,(H,14,15,16)/b10-8-. The van der Waals surface area contributed by atoms with E-state index in [1.54, 1.807) is 12.1 Å². The predicted octanol–water partition coefficient (Wildman–Crippen LogP) is 2.21. The SMILES string of the molecule is O=C1NC(=O)/C(=C2\CCS(=O)(=O)c3cc(Cl)ccc32)S1. The van der Waals surface area contributed by atoms with Crippen LogP contribution in [0.3, 0.4) is 0 Å². The molecule has 8 heteroatoms. The number of carbonyl (C=O) groups is 2. The normalized spacial score (nSPS) is 24.4. The molecule has 1 aromatic carbocycles. The summed E-state index contributed by atoms with van der Waals surface area (Å²) in [7, 11) is -3.40. The fraction of sp³-hybridized carbons (Fsp3) is 0.167. The van der Waals surface area contributed by atoms with Crippen LogP contribution < -0.4 is 5.32 Å². The maximum atomic E-state index is 12.1. The van der Waals surface area contributed by atoms with E-state index in [0.29, 0.717) is 16.2 Å². The van der Waals surface area contributed by atoms with Crippen LogP contribution in [-0.4, -0.2) is 25.3 Å². The maximum Gasteiger partial charge on any atom is 0.290 e. The van der Waals surface area contributed by atoms with Gasteiger partial charge < -0.3 is 0 Å². The van der Waals surface area contributed by atoms with Crippen LogP contribution >= 0.6 is 23.4 Å². The molecule has 2 amide bonds. The van der Waals surface area contributed by atoms with E-state index >= 15 is 0 Å². The number of rotatable bonds is 0. The third-order valence-electron chi connectivity index (χ3n) is 3.12. The first-order valence-electron chi connectivity index (χ1n) is 5.67. The minimum atomic E-state index is -3.40. The molecule has 5 nitrogen and oxygen atoms in total. The molecule has 0 saturated carbocycles. The highest BCUT2D eigenvalue weighted by molar-refractivity contribution is 8.18. The van der Waals surface area contributed by atoms with Gasteiger partial charge in [0.25, 0.3) is 11.1 Å². The monoisotopic (exact) mass is 329 g/mol. The van der Waals surface area contributed by atoms with Gasteiger partial charge in [-0.2, -0.15) is 0 Å². The number of benzene rings is 1. The van der Waals surface area contributed by atoms with Gasteiger partial charge in [0, 0.05) is 5.02 Å². The Bertz CT molecular complexity index is 783. The number of allylic oxidation sites excluding steroid dienone is 1. The quantitative estimate of drug-likeness (QED) is 0.738. The van der Waals surface area contributed by atoms with Crippen molar-refractivity contribution in [1.82, 2.24) is 5.32 Å². The Labute approximate surface area is 124 Å². The molecule has 0 bridgehead atoms. The largest absolute Gasteiger partial charge is 0.290 e. The van der Waals surface area contributed by atoms with Crippen molar-refractivity contribution in [3.63, 3.8) is 0 Å². The first kappa shape index (κ1) is 13.7. The van der Waals surface area contributed by atoms with E-state index in [-0.39, 0.29) is 22.0 Å². The number of sulfone groups is 1. The summed E-state index contributed by atoms with van der Waals surface area (Å²) in [5, 5.41) is 2.05. The number of halogens is 1. The van der Waals surface area contributed by atoms with E-state index in [1.807, 2.05) is 0 Å². The molecule has 2 aliphatic heterocycles. The van der Waals surface area contributed by atoms with Crippen molar-refractivity contribution in [3.8, 4) is 0 Å². The topological polar surface area (TPSA) is 80.3 Å². The van der Waals surface area contributed by atoms with Crippen molar-refractivity contribution in [2.75, 3.05) is 5.75 Å². The van der Waals surface area contributed by atoms with Gasteiger partial charge in [-0.3, -0.25) is 14.9 Å². The van der Waals surface area contributed by atoms with Crippen LogP contribution in [0.5, 0.6) is 0 Å². The van der Waals surface area contributed by atoms with E-state index in [9.17, 15) is 18.0 Å². The molecular weight excluding hydrogens is 322 g/mol. The summed E-state index contributed by atoms with van der Waals surface area (Å²) in [5.41, 5.74) is 1.04. The lowest BCUT2D eigenvalue weighted by molar-refractivity contribution is -0.115. The van der Waals surface area contributed by atoms with Gasteiger partial charge >= 0.3 is 0 Å². The fourth-order valence-electron chi connectivity index (χ4n) is 2.23. The molecule has 1 saturated heterocycles. The highest BCUT2D eigenvalue weighted by atomic mass is 35.5. The van der Waals surface area contributed by atoms with Crippen molar-refractivity contribution >= 4 is 49.9 Å². The van der Waals surface area contributed by atoms with Crippen LogP contribution in [0, 0.1) is 0 Å².